The maximum Gasteiger partial charge on any atom is 0.255 e. The van der Waals surface area contributed by atoms with Gasteiger partial charge in [0.2, 0.25) is 0 Å². The van der Waals surface area contributed by atoms with Gasteiger partial charge >= 0.3 is 0 Å². The highest BCUT2D eigenvalue weighted by atomic mass is 16.6. The lowest BCUT2D eigenvalue weighted by molar-refractivity contribution is 0.0730. The molecule has 1 aliphatic rings. The number of amides is 1. The number of ether oxygens (including phenoxy) is 2. The summed E-state index contributed by atoms with van der Waals surface area (Å²) in [4.78, 5) is 13.9. The summed E-state index contributed by atoms with van der Waals surface area (Å²) in [6.07, 6.45) is 0. The lowest BCUT2D eigenvalue weighted by atomic mass is 10.1. The van der Waals surface area contributed by atoms with Crippen LogP contribution < -0.4 is 9.47 Å². The first-order valence-corrected chi connectivity index (χ1v) is 6.21. The zero-order valence-corrected chi connectivity index (χ0v) is 11.0. The van der Waals surface area contributed by atoms with Crippen LogP contribution in [0, 0.1) is 11.3 Å². The van der Waals surface area contributed by atoms with Gasteiger partial charge in [0, 0.05) is 11.6 Å². The first-order chi connectivity index (χ1) is 9.13. The van der Waals surface area contributed by atoms with Crippen molar-refractivity contribution in [2.24, 2.45) is 0 Å². The van der Waals surface area contributed by atoms with Gasteiger partial charge in [-0.05, 0) is 32.0 Å². The SMILES string of the molecule is CC(C)N(CC#N)C(=O)c1ccc2c(c1)OCCO2. The number of rotatable bonds is 3. The van der Waals surface area contributed by atoms with E-state index in [9.17, 15) is 4.79 Å². The fraction of sp³-hybridized carbons (Fsp3) is 0.429. The maximum absolute atomic E-state index is 12.3. The van der Waals surface area contributed by atoms with Crippen molar-refractivity contribution in [3.63, 3.8) is 0 Å². The fourth-order valence-electron chi connectivity index (χ4n) is 1.91. The Bertz CT molecular complexity index is 520. The molecule has 100 valence electrons. The number of nitrogens with zero attached hydrogens (tertiary/aromatic N) is 2. The van der Waals surface area contributed by atoms with E-state index in [0.717, 1.165) is 0 Å². The first kappa shape index (κ1) is 13.2. The van der Waals surface area contributed by atoms with E-state index < -0.39 is 0 Å². The van der Waals surface area contributed by atoms with Crippen LogP contribution in [0.4, 0.5) is 0 Å². The topological polar surface area (TPSA) is 62.6 Å². The molecule has 0 bridgehead atoms. The van der Waals surface area contributed by atoms with Crippen LogP contribution in [0.2, 0.25) is 0 Å². The van der Waals surface area contributed by atoms with Gasteiger partial charge < -0.3 is 14.4 Å². The zero-order valence-electron chi connectivity index (χ0n) is 11.0. The Balaban J connectivity index is 2.26. The van der Waals surface area contributed by atoms with E-state index >= 15 is 0 Å². The monoisotopic (exact) mass is 260 g/mol. The first-order valence-electron chi connectivity index (χ1n) is 6.21. The lowest BCUT2D eigenvalue weighted by Gasteiger charge is -2.25. The average molecular weight is 260 g/mol. The highest BCUT2D eigenvalue weighted by molar-refractivity contribution is 5.95. The Labute approximate surface area is 112 Å². The summed E-state index contributed by atoms with van der Waals surface area (Å²) < 4.78 is 10.9. The van der Waals surface area contributed by atoms with E-state index in [-0.39, 0.29) is 18.5 Å². The highest BCUT2D eigenvalue weighted by Crippen LogP contribution is 2.31. The van der Waals surface area contributed by atoms with Crippen LogP contribution in [0.1, 0.15) is 24.2 Å². The van der Waals surface area contributed by atoms with E-state index in [1.165, 1.54) is 4.90 Å². The van der Waals surface area contributed by atoms with Gasteiger partial charge in [-0.2, -0.15) is 5.26 Å². The Morgan fingerprint density at radius 3 is 2.68 bits per heavy atom. The third-order valence-corrected chi connectivity index (χ3v) is 2.91. The highest BCUT2D eigenvalue weighted by Gasteiger charge is 2.21. The molecule has 0 saturated heterocycles. The molecule has 0 atom stereocenters. The van der Waals surface area contributed by atoms with Crippen molar-refractivity contribution in [1.29, 1.82) is 5.26 Å². The number of carbonyl (C=O) groups excluding carboxylic acids is 1. The number of benzene rings is 1. The summed E-state index contributed by atoms with van der Waals surface area (Å²) in [5.41, 5.74) is 0.508. The van der Waals surface area contributed by atoms with Gasteiger partial charge in [0.05, 0.1) is 6.07 Å². The van der Waals surface area contributed by atoms with Gasteiger partial charge in [-0.3, -0.25) is 4.79 Å². The fourth-order valence-corrected chi connectivity index (χ4v) is 1.91. The van der Waals surface area contributed by atoms with Crippen molar-refractivity contribution >= 4 is 5.91 Å². The molecule has 0 radical (unpaired) electrons. The second-order valence-corrected chi connectivity index (χ2v) is 4.54. The number of fused-ring (bicyclic) bond motifs is 1. The van der Waals surface area contributed by atoms with Crippen LogP contribution >= 0.6 is 0 Å². The quantitative estimate of drug-likeness (QED) is 0.778. The molecule has 0 saturated carbocycles. The van der Waals surface area contributed by atoms with Crippen LogP contribution in [0.25, 0.3) is 0 Å². The number of carbonyl (C=O) groups is 1. The molecule has 19 heavy (non-hydrogen) atoms. The summed E-state index contributed by atoms with van der Waals surface area (Å²) >= 11 is 0. The van der Waals surface area contributed by atoms with Gasteiger partial charge in [0.25, 0.3) is 5.91 Å². The largest absolute Gasteiger partial charge is 0.486 e. The zero-order chi connectivity index (χ0) is 13.8. The van der Waals surface area contributed by atoms with Gasteiger partial charge in [0.15, 0.2) is 11.5 Å². The molecule has 1 heterocycles. The van der Waals surface area contributed by atoms with Gasteiger partial charge in [-0.15, -0.1) is 0 Å². The van der Waals surface area contributed by atoms with E-state index in [4.69, 9.17) is 14.7 Å². The molecule has 0 unspecified atom stereocenters. The molecule has 5 heteroatoms. The minimum absolute atomic E-state index is 0.0275. The third-order valence-electron chi connectivity index (χ3n) is 2.91. The van der Waals surface area contributed by atoms with Crippen molar-refractivity contribution in [1.82, 2.24) is 4.90 Å². The van der Waals surface area contributed by atoms with E-state index in [1.54, 1.807) is 18.2 Å². The summed E-state index contributed by atoms with van der Waals surface area (Å²) in [5.74, 6) is 1.06. The second-order valence-electron chi connectivity index (χ2n) is 4.54. The molecule has 1 amide bonds. The molecule has 0 aromatic heterocycles. The lowest BCUT2D eigenvalue weighted by Crippen LogP contribution is -2.37. The van der Waals surface area contributed by atoms with Crippen LogP contribution in [0.15, 0.2) is 18.2 Å². The molecule has 2 rings (SSSR count). The summed E-state index contributed by atoms with van der Waals surface area (Å²) in [6, 6.07) is 7.08. The van der Waals surface area contributed by atoms with E-state index in [2.05, 4.69) is 0 Å². The van der Waals surface area contributed by atoms with Gasteiger partial charge in [0.1, 0.15) is 19.8 Å². The molecule has 0 N–H and O–H groups in total. The van der Waals surface area contributed by atoms with Gasteiger partial charge in [-0.1, -0.05) is 0 Å². The van der Waals surface area contributed by atoms with Crippen molar-refractivity contribution in [3.8, 4) is 17.6 Å². The second kappa shape index (κ2) is 5.61. The molecule has 1 aromatic carbocycles. The molecule has 5 nitrogen and oxygen atoms in total. The third kappa shape index (κ3) is 2.79. The summed E-state index contributed by atoms with van der Waals surface area (Å²) in [5, 5.41) is 8.78. The Kier molecular flexibility index (Phi) is 3.91. The standard InChI is InChI=1S/C14H16N2O3/c1-10(2)16(6-5-15)14(17)11-3-4-12-13(9-11)19-8-7-18-12/h3-4,9-10H,6-8H2,1-2H3. The van der Waals surface area contributed by atoms with E-state index in [1.807, 2.05) is 19.9 Å². The number of nitriles is 1. The summed E-state index contributed by atoms with van der Waals surface area (Å²) in [7, 11) is 0. The Morgan fingerprint density at radius 2 is 2.05 bits per heavy atom. The van der Waals surface area contributed by atoms with Crippen molar-refractivity contribution in [3.05, 3.63) is 23.8 Å². The van der Waals surface area contributed by atoms with Crippen LogP contribution in [0.3, 0.4) is 0 Å². The number of hydrogen-bond donors (Lipinski definition) is 0. The maximum atomic E-state index is 12.3. The molecular weight excluding hydrogens is 244 g/mol. The molecule has 0 fully saturated rings. The minimum atomic E-state index is -0.173. The smallest absolute Gasteiger partial charge is 0.255 e. The molecular formula is C14H16N2O3. The molecule has 0 spiro atoms. The predicted molar refractivity (Wildman–Crippen MR) is 69.2 cm³/mol. The van der Waals surface area contributed by atoms with Crippen LogP contribution in [-0.2, 0) is 0 Å². The van der Waals surface area contributed by atoms with Crippen LogP contribution in [-0.4, -0.2) is 36.6 Å². The normalized spacial score (nSPS) is 12.9. The van der Waals surface area contributed by atoms with Crippen LogP contribution in [0.5, 0.6) is 11.5 Å². The predicted octanol–water partition coefficient (Wildman–Crippen LogP) is 1.83. The molecule has 1 aliphatic heterocycles. The van der Waals surface area contributed by atoms with Gasteiger partial charge in [-0.25, -0.2) is 0 Å². The van der Waals surface area contributed by atoms with Crippen molar-refractivity contribution in [2.45, 2.75) is 19.9 Å². The number of hydrogen-bond acceptors (Lipinski definition) is 4. The minimum Gasteiger partial charge on any atom is -0.486 e. The molecule has 0 aliphatic carbocycles. The Hall–Kier alpha value is -2.22. The van der Waals surface area contributed by atoms with Crippen molar-refractivity contribution in [2.75, 3.05) is 19.8 Å². The van der Waals surface area contributed by atoms with E-state index in [0.29, 0.717) is 30.3 Å². The average Bonchev–Trinajstić information content (AvgIpc) is 2.43. The summed E-state index contributed by atoms with van der Waals surface area (Å²) in [6.45, 7) is 4.84. The Morgan fingerprint density at radius 1 is 1.37 bits per heavy atom. The van der Waals surface area contributed by atoms with Crippen molar-refractivity contribution < 1.29 is 14.3 Å². The molecule has 1 aromatic rings.